The Morgan fingerprint density at radius 1 is 1.09 bits per heavy atom. The summed E-state index contributed by atoms with van der Waals surface area (Å²) in [4.78, 5) is 20.9. The van der Waals surface area contributed by atoms with Crippen LogP contribution in [0.4, 0.5) is 26.3 Å². The van der Waals surface area contributed by atoms with Crippen LogP contribution in [0, 0.1) is 0 Å². The van der Waals surface area contributed by atoms with Crippen LogP contribution in [0.2, 0.25) is 0 Å². The summed E-state index contributed by atoms with van der Waals surface area (Å²) in [6.07, 6.45) is -2.61. The summed E-state index contributed by atoms with van der Waals surface area (Å²) in [5.74, 6) is -2.76. The fourth-order valence-corrected chi connectivity index (χ4v) is 2.59. The molecular weight excluding hydrogens is 444 g/mol. The molecule has 0 radical (unpaired) electrons. The maximum atomic E-state index is 12.8. The van der Waals surface area contributed by atoms with Gasteiger partial charge in [-0.1, -0.05) is 19.9 Å². The molecule has 0 aliphatic heterocycles. The predicted octanol–water partition coefficient (Wildman–Crippen LogP) is 3.84. The summed E-state index contributed by atoms with van der Waals surface area (Å²) < 4.78 is 72.2. The molecule has 0 aliphatic carbocycles. The molecule has 0 aliphatic rings. The van der Waals surface area contributed by atoms with Gasteiger partial charge in [-0.25, -0.2) is 14.8 Å². The van der Waals surface area contributed by atoms with Gasteiger partial charge in [0.05, 0.1) is 18.1 Å². The number of nitrogens with zero attached hydrogens (tertiary/aromatic N) is 4. The van der Waals surface area contributed by atoms with Crippen molar-refractivity contribution in [1.29, 1.82) is 0 Å². The first kappa shape index (κ1) is 25.0. The lowest BCUT2D eigenvalue weighted by Gasteiger charge is -2.25. The van der Waals surface area contributed by atoms with Crippen molar-refractivity contribution < 1.29 is 36.2 Å². The predicted molar refractivity (Wildman–Crippen MR) is 101 cm³/mol. The van der Waals surface area contributed by atoms with Crippen LogP contribution in [0.25, 0.3) is 5.65 Å². The van der Waals surface area contributed by atoms with Crippen LogP contribution in [-0.4, -0.2) is 43.1 Å². The molecule has 32 heavy (non-hydrogen) atoms. The molecule has 0 aromatic carbocycles. The van der Waals surface area contributed by atoms with E-state index in [2.05, 4.69) is 20.3 Å². The Morgan fingerprint density at radius 3 is 2.31 bits per heavy atom. The van der Waals surface area contributed by atoms with Gasteiger partial charge in [-0.3, -0.25) is 9.38 Å². The average Bonchev–Trinajstić information content (AvgIpc) is 3.10. The fraction of sp³-hybridized carbons (Fsp3) is 0.368. The second-order valence-electron chi connectivity index (χ2n) is 7.25. The van der Waals surface area contributed by atoms with Crippen molar-refractivity contribution in [2.24, 2.45) is 0 Å². The van der Waals surface area contributed by atoms with Gasteiger partial charge in [0.2, 0.25) is 0 Å². The van der Waals surface area contributed by atoms with E-state index in [1.165, 1.54) is 6.07 Å². The summed E-state index contributed by atoms with van der Waals surface area (Å²) in [5, 5.41) is 10.4. The number of carboxylic acids is 1. The molecule has 0 saturated carbocycles. The summed E-state index contributed by atoms with van der Waals surface area (Å²) >= 11 is 0. The zero-order valence-corrected chi connectivity index (χ0v) is 16.9. The summed E-state index contributed by atoms with van der Waals surface area (Å²) in [5.41, 5.74) is 0.677. The standard InChI is InChI=1S/C17H18F3N5.C2HF3O2/c1-16(2,13-4-3-5-14(24-13)17(18,19)20)11-22-8-12-9-23-15-10-21-6-7-25(12)15;3-2(4,5)1(6)7/h3-7,9-10,22H,8,11H2,1-2H3;(H,6,7). The van der Waals surface area contributed by atoms with E-state index in [-0.39, 0.29) is 0 Å². The minimum absolute atomic E-state index is 0.400. The quantitative estimate of drug-likeness (QED) is 0.559. The molecule has 0 spiro atoms. The van der Waals surface area contributed by atoms with Crippen molar-refractivity contribution in [3.05, 3.63) is 60.1 Å². The third-order valence-electron chi connectivity index (χ3n) is 4.24. The molecule has 2 N–H and O–H groups in total. The Balaban J connectivity index is 0.000000451. The number of hydrogen-bond acceptors (Lipinski definition) is 5. The lowest BCUT2D eigenvalue weighted by Crippen LogP contribution is -2.34. The van der Waals surface area contributed by atoms with Crippen LogP contribution >= 0.6 is 0 Å². The lowest BCUT2D eigenvalue weighted by molar-refractivity contribution is -0.192. The van der Waals surface area contributed by atoms with Gasteiger partial charge in [0.15, 0.2) is 5.65 Å². The SMILES string of the molecule is CC(C)(CNCc1cnc2cnccn12)c1cccc(C(F)(F)F)n1.O=C(O)C(F)(F)F. The van der Waals surface area contributed by atoms with E-state index in [4.69, 9.17) is 9.90 Å². The first-order chi connectivity index (χ1) is 14.7. The van der Waals surface area contributed by atoms with Crippen LogP contribution in [0.3, 0.4) is 0 Å². The number of aliphatic carboxylic acids is 1. The molecule has 0 fully saturated rings. The Labute approximate surface area is 178 Å². The fourth-order valence-electron chi connectivity index (χ4n) is 2.59. The van der Waals surface area contributed by atoms with E-state index in [9.17, 15) is 26.3 Å². The van der Waals surface area contributed by atoms with Gasteiger partial charge < -0.3 is 10.4 Å². The number of fused-ring (bicyclic) bond motifs is 1. The maximum Gasteiger partial charge on any atom is 0.490 e. The number of pyridine rings is 1. The van der Waals surface area contributed by atoms with Gasteiger partial charge >= 0.3 is 18.3 Å². The smallest absolute Gasteiger partial charge is 0.475 e. The zero-order chi connectivity index (χ0) is 24.2. The molecule has 13 heteroatoms. The number of aromatic nitrogens is 4. The Bertz CT molecular complexity index is 1060. The van der Waals surface area contributed by atoms with Crippen molar-refractivity contribution in [2.75, 3.05) is 6.54 Å². The molecule has 3 heterocycles. The third-order valence-corrected chi connectivity index (χ3v) is 4.24. The normalized spacial score (nSPS) is 12.4. The van der Waals surface area contributed by atoms with Crippen LogP contribution in [0.15, 0.2) is 43.0 Å². The number of rotatable bonds is 5. The number of alkyl halides is 6. The monoisotopic (exact) mass is 463 g/mol. The van der Waals surface area contributed by atoms with Crippen molar-refractivity contribution in [3.63, 3.8) is 0 Å². The maximum absolute atomic E-state index is 12.8. The van der Waals surface area contributed by atoms with Gasteiger partial charge in [-0.2, -0.15) is 26.3 Å². The van der Waals surface area contributed by atoms with E-state index in [1.54, 1.807) is 24.7 Å². The molecule has 0 saturated heterocycles. The number of halogens is 6. The molecule has 0 atom stereocenters. The second-order valence-corrected chi connectivity index (χ2v) is 7.25. The van der Waals surface area contributed by atoms with E-state index in [0.717, 1.165) is 17.4 Å². The van der Waals surface area contributed by atoms with Crippen molar-refractivity contribution in [2.45, 2.75) is 38.2 Å². The molecule has 0 amide bonds. The highest BCUT2D eigenvalue weighted by atomic mass is 19.4. The number of carboxylic acid groups (broad SMARTS) is 1. The van der Waals surface area contributed by atoms with Gasteiger partial charge in [0.25, 0.3) is 0 Å². The van der Waals surface area contributed by atoms with Gasteiger partial charge in [-0.05, 0) is 12.1 Å². The third kappa shape index (κ3) is 6.64. The molecule has 7 nitrogen and oxygen atoms in total. The zero-order valence-electron chi connectivity index (χ0n) is 16.9. The van der Waals surface area contributed by atoms with Crippen LogP contribution < -0.4 is 5.32 Å². The van der Waals surface area contributed by atoms with Crippen molar-refractivity contribution in [3.8, 4) is 0 Å². The van der Waals surface area contributed by atoms with Gasteiger partial charge in [0, 0.05) is 36.6 Å². The lowest BCUT2D eigenvalue weighted by atomic mass is 9.88. The summed E-state index contributed by atoms with van der Waals surface area (Å²) in [6, 6.07) is 4.00. The largest absolute Gasteiger partial charge is 0.490 e. The highest BCUT2D eigenvalue weighted by molar-refractivity contribution is 5.73. The Morgan fingerprint density at radius 2 is 1.72 bits per heavy atom. The molecule has 3 aromatic heterocycles. The molecule has 174 valence electrons. The van der Waals surface area contributed by atoms with E-state index < -0.39 is 29.4 Å². The van der Waals surface area contributed by atoms with Crippen molar-refractivity contribution in [1.82, 2.24) is 24.7 Å². The average molecular weight is 463 g/mol. The van der Waals surface area contributed by atoms with Crippen LogP contribution in [-0.2, 0) is 22.9 Å². The number of imidazole rings is 1. The highest BCUT2D eigenvalue weighted by Gasteiger charge is 2.38. The molecule has 0 bridgehead atoms. The highest BCUT2D eigenvalue weighted by Crippen LogP contribution is 2.29. The number of carbonyl (C=O) groups is 1. The minimum Gasteiger partial charge on any atom is -0.475 e. The molecular formula is C19H19F6N5O2. The summed E-state index contributed by atoms with van der Waals surface area (Å²) in [6.45, 7) is 4.73. The van der Waals surface area contributed by atoms with Crippen molar-refractivity contribution >= 4 is 11.6 Å². The van der Waals surface area contributed by atoms with E-state index in [0.29, 0.717) is 18.8 Å². The molecule has 3 rings (SSSR count). The Kier molecular flexibility index (Phi) is 7.44. The second kappa shape index (κ2) is 9.51. The molecule has 3 aromatic rings. The van der Waals surface area contributed by atoms with Crippen LogP contribution in [0.1, 0.15) is 30.9 Å². The topological polar surface area (TPSA) is 92.4 Å². The molecule has 0 unspecified atom stereocenters. The van der Waals surface area contributed by atoms with Gasteiger partial charge in [0.1, 0.15) is 5.69 Å². The minimum atomic E-state index is -5.08. The van der Waals surface area contributed by atoms with Gasteiger partial charge in [-0.15, -0.1) is 0 Å². The van der Waals surface area contributed by atoms with E-state index >= 15 is 0 Å². The number of hydrogen-bond donors (Lipinski definition) is 2. The summed E-state index contributed by atoms with van der Waals surface area (Å²) in [7, 11) is 0. The van der Waals surface area contributed by atoms with Crippen LogP contribution in [0.5, 0.6) is 0 Å². The first-order valence-corrected chi connectivity index (χ1v) is 9.03. The number of nitrogens with one attached hydrogen (secondary N) is 1. The first-order valence-electron chi connectivity index (χ1n) is 9.03. The Hall–Kier alpha value is -3.22. The van der Waals surface area contributed by atoms with E-state index in [1.807, 2.05) is 24.4 Å².